The number of halogens is 1. The van der Waals surface area contributed by atoms with Crippen molar-refractivity contribution in [3.8, 4) is 5.75 Å². The molecule has 0 N–H and O–H groups in total. The zero-order chi connectivity index (χ0) is 13.3. The lowest BCUT2D eigenvalue weighted by atomic mass is 9.90. The second kappa shape index (κ2) is 4.93. The van der Waals surface area contributed by atoms with Gasteiger partial charge in [0.05, 0.1) is 10.8 Å². The predicted octanol–water partition coefficient (Wildman–Crippen LogP) is 4.25. The van der Waals surface area contributed by atoms with E-state index in [2.05, 4.69) is 0 Å². The van der Waals surface area contributed by atoms with Gasteiger partial charge >= 0.3 is 5.97 Å². The number of alkyl halides is 1. The third-order valence-electron chi connectivity index (χ3n) is 3.21. The standard InChI is InChI=1S/C15H19ClO2/c1-15(2,3)14(17)18-13-9-5-6-10-11(13)7-4-8-12(10)16/h5-6,9,12H,4,7-8H2,1-3H3/t12-/m1/s1. The second-order valence-electron chi connectivity index (χ2n) is 5.82. The molecule has 1 atom stereocenters. The Labute approximate surface area is 113 Å². The third kappa shape index (κ3) is 2.69. The minimum atomic E-state index is -0.488. The van der Waals surface area contributed by atoms with Gasteiger partial charge in [0.15, 0.2) is 0 Å². The van der Waals surface area contributed by atoms with Crippen LogP contribution in [0.1, 0.15) is 50.1 Å². The second-order valence-corrected chi connectivity index (χ2v) is 6.35. The molecule has 0 heterocycles. The van der Waals surface area contributed by atoms with E-state index in [4.69, 9.17) is 16.3 Å². The zero-order valence-corrected chi connectivity index (χ0v) is 11.9. The molecule has 1 aliphatic carbocycles. The van der Waals surface area contributed by atoms with Gasteiger partial charge in [-0.3, -0.25) is 4.79 Å². The summed E-state index contributed by atoms with van der Waals surface area (Å²) in [6.07, 6.45) is 2.97. The van der Waals surface area contributed by atoms with Gasteiger partial charge < -0.3 is 4.74 Å². The number of hydrogen-bond donors (Lipinski definition) is 0. The number of rotatable bonds is 1. The Hall–Kier alpha value is -1.02. The van der Waals surface area contributed by atoms with E-state index in [-0.39, 0.29) is 11.3 Å². The maximum Gasteiger partial charge on any atom is 0.316 e. The van der Waals surface area contributed by atoms with Crippen LogP contribution in [0.4, 0.5) is 0 Å². The number of carbonyl (C=O) groups is 1. The summed E-state index contributed by atoms with van der Waals surface area (Å²) < 4.78 is 5.53. The van der Waals surface area contributed by atoms with Crippen molar-refractivity contribution >= 4 is 17.6 Å². The quantitative estimate of drug-likeness (QED) is 0.431. The summed E-state index contributed by atoms with van der Waals surface area (Å²) in [5.41, 5.74) is 1.72. The van der Waals surface area contributed by atoms with Gasteiger partial charge in [-0.1, -0.05) is 12.1 Å². The van der Waals surface area contributed by atoms with Gasteiger partial charge in [-0.25, -0.2) is 0 Å². The molecule has 1 aliphatic rings. The summed E-state index contributed by atoms with van der Waals surface area (Å²) in [5.74, 6) is 0.477. The highest BCUT2D eigenvalue weighted by atomic mass is 35.5. The van der Waals surface area contributed by atoms with Crippen LogP contribution in [0.2, 0.25) is 0 Å². The van der Waals surface area contributed by atoms with E-state index >= 15 is 0 Å². The highest BCUT2D eigenvalue weighted by molar-refractivity contribution is 6.21. The average molecular weight is 267 g/mol. The van der Waals surface area contributed by atoms with Crippen molar-refractivity contribution in [2.24, 2.45) is 5.41 Å². The van der Waals surface area contributed by atoms with E-state index in [0.29, 0.717) is 5.75 Å². The van der Waals surface area contributed by atoms with Crippen molar-refractivity contribution in [3.63, 3.8) is 0 Å². The van der Waals surface area contributed by atoms with Crippen molar-refractivity contribution < 1.29 is 9.53 Å². The van der Waals surface area contributed by atoms with E-state index in [1.807, 2.05) is 39.0 Å². The molecule has 1 aromatic rings. The molecule has 98 valence electrons. The molecule has 3 heteroatoms. The van der Waals surface area contributed by atoms with Crippen molar-refractivity contribution in [2.75, 3.05) is 0 Å². The Bertz CT molecular complexity index is 460. The minimum absolute atomic E-state index is 0.0436. The summed E-state index contributed by atoms with van der Waals surface area (Å²) >= 11 is 6.31. The fourth-order valence-electron chi connectivity index (χ4n) is 2.11. The van der Waals surface area contributed by atoms with Gasteiger partial charge in [-0.05, 0) is 57.2 Å². The predicted molar refractivity (Wildman–Crippen MR) is 73.1 cm³/mol. The zero-order valence-electron chi connectivity index (χ0n) is 11.1. The summed E-state index contributed by atoms with van der Waals surface area (Å²) in [5, 5.41) is 0.0436. The van der Waals surface area contributed by atoms with Crippen LogP contribution in [0.25, 0.3) is 0 Å². The molecular weight excluding hydrogens is 248 g/mol. The van der Waals surface area contributed by atoms with Crippen LogP contribution in [-0.2, 0) is 11.2 Å². The number of benzene rings is 1. The number of carbonyl (C=O) groups excluding carboxylic acids is 1. The van der Waals surface area contributed by atoms with Gasteiger partial charge in [0.1, 0.15) is 5.75 Å². The summed E-state index contributed by atoms with van der Waals surface area (Å²) in [7, 11) is 0. The Morgan fingerprint density at radius 3 is 2.78 bits per heavy atom. The molecule has 0 spiro atoms. The van der Waals surface area contributed by atoms with E-state index in [9.17, 15) is 4.79 Å². The molecule has 0 radical (unpaired) electrons. The first-order valence-corrected chi connectivity index (χ1v) is 6.81. The van der Waals surface area contributed by atoms with E-state index in [1.165, 1.54) is 0 Å². The van der Waals surface area contributed by atoms with E-state index in [1.54, 1.807) is 0 Å². The Kier molecular flexibility index (Phi) is 3.67. The first kappa shape index (κ1) is 13.4. The lowest BCUT2D eigenvalue weighted by Gasteiger charge is -2.24. The molecule has 0 fully saturated rings. The molecule has 2 rings (SSSR count). The Morgan fingerprint density at radius 2 is 2.11 bits per heavy atom. The maximum atomic E-state index is 11.9. The number of esters is 1. The fraction of sp³-hybridized carbons (Fsp3) is 0.533. The first-order valence-electron chi connectivity index (χ1n) is 6.38. The number of ether oxygens (including phenoxy) is 1. The number of fused-ring (bicyclic) bond motifs is 1. The van der Waals surface area contributed by atoms with E-state index < -0.39 is 5.41 Å². The number of hydrogen-bond acceptors (Lipinski definition) is 2. The molecular formula is C15H19ClO2. The van der Waals surface area contributed by atoms with Crippen LogP contribution in [0.15, 0.2) is 18.2 Å². The van der Waals surface area contributed by atoms with Gasteiger partial charge in [-0.15, -0.1) is 11.6 Å². The Morgan fingerprint density at radius 1 is 1.39 bits per heavy atom. The highest BCUT2D eigenvalue weighted by Gasteiger charge is 2.27. The molecule has 0 amide bonds. The van der Waals surface area contributed by atoms with Crippen LogP contribution in [0.5, 0.6) is 5.75 Å². The van der Waals surface area contributed by atoms with Gasteiger partial charge in [0.2, 0.25) is 0 Å². The monoisotopic (exact) mass is 266 g/mol. The molecule has 0 aliphatic heterocycles. The van der Waals surface area contributed by atoms with Gasteiger partial charge in [0.25, 0.3) is 0 Å². The lowest BCUT2D eigenvalue weighted by Crippen LogP contribution is -2.26. The minimum Gasteiger partial charge on any atom is -0.426 e. The molecule has 18 heavy (non-hydrogen) atoms. The van der Waals surface area contributed by atoms with E-state index in [0.717, 1.165) is 30.4 Å². The van der Waals surface area contributed by atoms with Crippen molar-refractivity contribution in [2.45, 2.75) is 45.4 Å². The van der Waals surface area contributed by atoms with Crippen molar-refractivity contribution in [1.82, 2.24) is 0 Å². The molecule has 0 bridgehead atoms. The molecule has 0 aromatic heterocycles. The molecule has 0 saturated heterocycles. The largest absolute Gasteiger partial charge is 0.426 e. The van der Waals surface area contributed by atoms with Crippen molar-refractivity contribution in [1.29, 1.82) is 0 Å². The SMILES string of the molecule is CC(C)(C)C(=O)Oc1cccc2c1CCC[C@H]2Cl. The smallest absolute Gasteiger partial charge is 0.316 e. The fourth-order valence-corrected chi connectivity index (χ4v) is 2.46. The van der Waals surface area contributed by atoms with Crippen LogP contribution in [-0.4, -0.2) is 5.97 Å². The summed E-state index contributed by atoms with van der Waals surface area (Å²) in [6, 6.07) is 5.79. The normalized spacial score (nSPS) is 19.2. The Balaban J connectivity index is 2.30. The highest BCUT2D eigenvalue weighted by Crippen LogP contribution is 2.39. The average Bonchev–Trinajstić information content (AvgIpc) is 2.29. The molecule has 0 unspecified atom stereocenters. The summed E-state index contributed by atoms with van der Waals surface area (Å²) in [6.45, 7) is 5.57. The van der Waals surface area contributed by atoms with Crippen LogP contribution in [0.3, 0.4) is 0 Å². The van der Waals surface area contributed by atoms with Crippen LogP contribution < -0.4 is 4.74 Å². The molecule has 1 aromatic carbocycles. The van der Waals surface area contributed by atoms with Crippen molar-refractivity contribution in [3.05, 3.63) is 29.3 Å². The lowest BCUT2D eigenvalue weighted by molar-refractivity contribution is -0.143. The topological polar surface area (TPSA) is 26.3 Å². The maximum absolute atomic E-state index is 11.9. The van der Waals surface area contributed by atoms with Crippen LogP contribution in [0, 0.1) is 5.41 Å². The van der Waals surface area contributed by atoms with Crippen LogP contribution >= 0.6 is 11.6 Å². The summed E-state index contributed by atoms with van der Waals surface area (Å²) in [4.78, 5) is 11.9. The molecule has 0 saturated carbocycles. The molecule has 2 nitrogen and oxygen atoms in total. The first-order chi connectivity index (χ1) is 8.39. The van der Waals surface area contributed by atoms with Gasteiger partial charge in [-0.2, -0.15) is 0 Å². The van der Waals surface area contributed by atoms with Gasteiger partial charge in [0, 0.05) is 0 Å². The third-order valence-corrected chi connectivity index (χ3v) is 3.66.